The number of nitrogens with one attached hydrogen (secondary N) is 1. The zero-order valence-corrected chi connectivity index (χ0v) is 15.3. The molecule has 2 aromatic carbocycles. The van der Waals surface area contributed by atoms with Crippen LogP contribution in [0.5, 0.6) is 5.75 Å². The number of methoxy groups -OCH3 is 1. The molecule has 0 fully saturated rings. The molecule has 0 bridgehead atoms. The molecule has 0 aliphatic carbocycles. The maximum Gasteiger partial charge on any atom is 0.118 e. The summed E-state index contributed by atoms with van der Waals surface area (Å²) in [5, 5.41) is 4.80. The minimum absolute atomic E-state index is 0.273. The Kier molecular flexibility index (Phi) is 5.19. The monoisotopic (exact) mass is 335 g/mol. The second-order valence-electron chi connectivity index (χ2n) is 6.33. The van der Waals surface area contributed by atoms with Crippen LogP contribution in [0, 0.1) is 0 Å². The molecule has 4 heteroatoms. The van der Waals surface area contributed by atoms with Crippen LogP contribution in [0.4, 0.5) is 5.69 Å². The molecule has 3 rings (SSSR count). The van der Waals surface area contributed by atoms with Crippen molar-refractivity contribution >= 4 is 16.6 Å². The minimum atomic E-state index is 0.273. The van der Waals surface area contributed by atoms with Gasteiger partial charge in [0.25, 0.3) is 0 Å². The van der Waals surface area contributed by atoms with Gasteiger partial charge in [0.1, 0.15) is 5.75 Å². The van der Waals surface area contributed by atoms with Crippen molar-refractivity contribution in [2.24, 2.45) is 0 Å². The Hall–Kier alpha value is -2.59. The van der Waals surface area contributed by atoms with E-state index in [4.69, 9.17) is 9.72 Å². The molecule has 0 radical (unpaired) electrons. The first-order valence-corrected chi connectivity index (χ1v) is 8.59. The molecule has 0 aliphatic heterocycles. The van der Waals surface area contributed by atoms with E-state index in [1.165, 1.54) is 0 Å². The van der Waals surface area contributed by atoms with Gasteiger partial charge in [-0.15, -0.1) is 0 Å². The van der Waals surface area contributed by atoms with Crippen LogP contribution < -0.4 is 10.1 Å². The summed E-state index contributed by atoms with van der Waals surface area (Å²) in [7, 11) is 5.86. The number of pyridine rings is 1. The molecule has 0 spiro atoms. The average molecular weight is 335 g/mol. The highest BCUT2D eigenvalue weighted by atomic mass is 16.5. The lowest BCUT2D eigenvalue weighted by molar-refractivity contribution is 0.315. The zero-order chi connectivity index (χ0) is 17.8. The summed E-state index contributed by atoms with van der Waals surface area (Å²) >= 11 is 0. The Morgan fingerprint density at radius 3 is 2.44 bits per heavy atom. The van der Waals surface area contributed by atoms with Gasteiger partial charge in [-0.2, -0.15) is 0 Å². The van der Waals surface area contributed by atoms with Gasteiger partial charge in [-0.25, -0.2) is 4.98 Å². The Labute approximate surface area is 149 Å². The fourth-order valence-corrected chi connectivity index (χ4v) is 2.98. The standard InChI is InChI=1S/C21H25N3O/c1-5-21(24(2)3)23-20-14-19(15-10-12-16(25-4)13-11-15)22-18-9-7-6-8-17(18)20/h6-14,21H,5H2,1-4H3,(H,22,23). The number of anilines is 1. The van der Waals surface area contributed by atoms with Gasteiger partial charge in [0.05, 0.1) is 24.5 Å². The number of hydrogen-bond donors (Lipinski definition) is 1. The van der Waals surface area contributed by atoms with Crippen LogP contribution in [-0.4, -0.2) is 37.3 Å². The molecule has 1 aromatic heterocycles. The summed E-state index contributed by atoms with van der Waals surface area (Å²) in [4.78, 5) is 7.04. The third-order valence-corrected chi connectivity index (χ3v) is 4.43. The van der Waals surface area contributed by atoms with Gasteiger partial charge in [-0.05, 0) is 56.9 Å². The van der Waals surface area contributed by atoms with Crippen molar-refractivity contribution in [1.29, 1.82) is 0 Å². The lowest BCUT2D eigenvalue weighted by Gasteiger charge is -2.26. The summed E-state index contributed by atoms with van der Waals surface area (Å²) in [6.45, 7) is 2.19. The Bertz CT molecular complexity index is 843. The van der Waals surface area contributed by atoms with E-state index >= 15 is 0 Å². The summed E-state index contributed by atoms with van der Waals surface area (Å²) in [6.07, 6.45) is 1.29. The van der Waals surface area contributed by atoms with Crippen LogP contribution in [0.25, 0.3) is 22.2 Å². The number of rotatable bonds is 6. The van der Waals surface area contributed by atoms with Crippen molar-refractivity contribution in [1.82, 2.24) is 9.88 Å². The van der Waals surface area contributed by atoms with Gasteiger partial charge in [0.2, 0.25) is 0 Å². The molecule has 1 N–H and O–H groups in total. The number of aromatic nitrogens is 1. The SMILES string of the molecule is CCC(Nc1cc(-c2ccc(OC)cc2)nc2ccccc12)N(C)C. The van der Waals surface area contributed by atoms with E-state index in [9.17, 15) is 0 Å². The third-order valence-electron chi connectivity index (χ3n) is 4.43. The highest BCUT2D eigenvalue weighted by Crippen LogP contribution is 2.30. The maximum absolute atomic E-state index is 5.25. The van der Waals surface area contributed by atoms with Crippen molar-refractivity contribution in [2.75, 3.05) is 26.5 Å². The number of nitrogens with zero attached hydrogens (tertiary/aromatic N) is 2. The zero-order valence-electron chi connectivity index (χ0n) is 15.3. The number of fused-ring (bicyclic) bond motifs is 1. The molecule has 0 aliphatic rings. The van der Waals surface area contributed by atoms with Gasteiger partial charge in [-0.1, -0.05) is 25.1 Å². The maximum atomic E-state index is 5.25. The molecule has 25 heavy (non-hydrogen) atoms. The summed E-state index contributed by atoms with van der Waals surface area (Å²) in [6, 6.07) is 18.4. The van der Waals surface area contributed by atoms with Crippen molar-refractivity contribution in [2.45, 2.75) is 19.5 Å². The highest BCUT2D eigenvalue weighted by Gasteiger charge is 2.13. The smallest absolute Gasteiger partial charge is 0.118 e. The van der Waals surface area contributed by atoms with Gasteiger partial charge in [0.15, 0.2) is 0 Å². The molecule has 1 atom stereocenters. The van der Waals surface area contributed by atoms with Crippen LogP contribution in [-0.2, 0) is 0 Å². The van der Waals surface area contributed by atoms with Crippen molar-refractivity contribution in [3.05, 3.63) is 54.6 Å². The van der Waals surface area contributed by atoms with Crippen LogP contribution in [0.1, 0.15) is 13.3 Å². The van der Waals surface area contributed by atoms with E-state index in [-0.39, 0.29) is 6.17 Å². The van der Waals surface area contributed by atoms with E-state index in [0.717, 1.165) is 40.0 Å². The summed E-state index contributed by atoms with van der Waals surface area (Å²) in [5.74, 6) is 0.849. The third kappa shape index (κ3) is 3.74. The second-order valence-corrected chi connectivity index (χ2v) is 6.33. The normalized spacial score (nSPS) is 12.4. The Balaban J connectivity index is 2.07. The lowest BCUT2D eigenvalue weighted by atomic mass is 10.1. The van der Waals surface area contributed by atoms with E-state index in [2.05, 4.69) is 55.5 Å². The van der Waals surface area contributed by atoms with E-state index < -0.39 is 0 Å². The van der Waals surface area contributed by atoms with Crippen molar-refractivity contribution in [3.8, 4) is 17.0 Å². The number of para-hydroxylation sites is 1. The molecule has 1 heterocycles. The lowest BCUT2D eigenvalue weighted by Crippen LogP contribution is -2.34. The quantitative estimate of drug-likeness (QED) is 0.667. The molecule has 130 valence electrons. The first kappa shape index (κ1) is 17.2. The molecule has 0 saturated carbocycles. The van der Waals surface area contributed by atoms with Crippen molar-refractivity contribution in [3.63, 3.8) is 0 Å². The van der Waals surface area contributed by atoms with Crippen LogP contribution in [0.2, 0.25) is 0 Å². The highest BCUT2D eigenvalue weighted by molar-refractivity contribution is 5.93. The second kappa shape index (κ2) is 7.53. The molecule has 1 unspecified atom stereocenters. The van der Waals surface area contributed by atoms with E-state index in [1.54, 1.807) is 7.11 Å². The summed E-state index contributed by atoms with van der Waals surface area (Å²) < 4.78 is 5.25. The minimum Gasteiger partial charge on any atom is -0.497 e. The number of ether oxygens (including phenoxy) is 1. The number of benzene rings is 2. The number of hydrogen-bond acceptors (Lipinski definition) is 4. The van der Waals surface area contributed by atoms with Gasteiger partial charge in [0, 0.05) is 16.6 Å². The first-order valence-electron chi connectivity index (χ1n) is 8.59. The van der Waals surface area contributed by atoms with Crippen LogP contribution in [0.15, 0.2) is 54.6 Å². The van der Waals surface area contributed by atoms with Crippen LogP contribution >= 0.6 is 0 Å². The molecule has 4 nitrogen and oxygen atoms in total. The molecule has 3 aromatic rings. The fourth-order valence-electron chi connectivity index (χ4n) is 2.98. The van der Waals surface area contributed by atoms with E-state index in [0.29, 0.717) is 0 Å². The molecular weight excluding hydrogens is 310 g/mol. The molecule has 0 saturated heterocycles. The Morgan fingerprint density at radius 1 is 1.08 bits per heavy atom. The van der Waals surface area contributed by atoms with Gasteiger partial charge < -0.3 is 10.1 Å². The molecule has 0 amide bonds. The first-order chi connectivity index (χ1) is 12.1. The topological polar surface area (TPSA) is 37.4 Å². The molecular formula is C21H25N3O. The van der Waals surface area contributed by atoms with E-state index in [1.807, 2.05) is 30.3 Å². The van der Waals surface area contributed by atoms with Crippen LogP contribution in [0.3, 0.4) is 0 Å². The van der Waals surface area contributed by atoms with Gasteiger partial charge in [-0.3, -0.25) is 4.90 Å². The predicted molar refractivity (Wildman–Crippen MR) is 105 cm³/mol. The van der Waals surface area contributed by atoms with Gasteiger partial charge >= 0.3 is 0 Å². The largest absolute Gasteiger partial charge is 0.497 e. The average Bonchev–Trinajstić information content (AvgIpc) is 2.65. The van der Waals surface area contributed by atoms with Crippen molar-refractivity contribution < 1.29 is 4.74 Å². The fraction of sp³-hybridized carbons (Fsp3) is 0.286. The predicted octanol–water partition coefficient (Wildman–Crippen LogP) is 4.62. The summed E-state index contributed by atoms with van der Waals surface area (Å²) in [5.41, 5.74) is 4.13. The Morgan fingerprint density at radius 2 is 1.80 bits per heavy atom.